The number of nitrogens with one attached hydrogen (secondary N) is 3. The fraction of sp³-hybridized carbons (Fsp3) is 0.111. The van der Waals surface area contributed by atoms with Crippen molar-refractivity contribution in [3.8, 4) is 0 Å². The Morgan fingerprint density at radius 2 is 1.85 bits per heavy atom. The molecule has 1 aliphatic rings. The standard InChI is InChI=1S/C18H14Cl2IN3O2/c1-9-15(17(25)23-12-5-3-11(21)4-6-12)16(24-18(26)22-9)13-7-2-10(19)8-14(13)20/h2-8,16H,1H3,(H,23,25)(H2,22,24,26)/t16-/m1/s1. The van der Waals surface area contributed by atoms with Crippen molar-refractivity contribution in [2.75, 3.05) is 5.32 Å². The number of allylic oxidation sites excluding steroid dienone is 1. The van der Waals surface area contributed by atoms with E-state index in [9.17, 15) is 9.59 Å². The van der Waals surface area contributed by atoms with Crippen LogP contribution in [0.25, 0.3) is 0 Å². The van der Waals surface area contributed by atoms with E-state index in [1.165, 1.54) is 0 Å². The quantitative estimate of drug-likeness (QED) is 0.525. The lowest BCUT2D eigenvalue weighted by molar-refractivity contribution is -0.113. The molecule has 0 saturated heterocycles. The lowest BCUT2D eigenvalue weighted by Gasteiger charge is -2.29. The minimum atomic E-state index is -0.683. The van der Waals surface area contributed by atoms with E-state index in [-0.39, 0.29) is 5.91 Å². The van der Waals surface area contributed by atoms with Gasteiger partial charge in [0.2, 0.25) is 0 Å². The van der Waals surface area contributed by atoms with Crippen LogP contribution in [0.4, 0.5) is 10.5 Å². The molecule has 3 N–H and O–H groups in total. The molecule has 2 aromatic carbocycles. The van der Waals surface area contributed by atoms with Crippen LogP contribution in [0.2, 0.25) is 10.0 Å². The fourth-order valence-corrected chi connectivity index (χ4v) is 3.57. The monoisotopic (exact) mass is 501 g/mol. The molecule has 1 atom stereocenters. The van der Waals surface area contributed by atoms with Gasteiger partial charge in [-0.3, -0.25) is 4.79 Å². The predicted octanol–water partition coefficient (Wildman–Crippen LogP) is 4.86. The van der Waals surface area contributed by atoms with Crippen LogP contribution in [0.15, 0.2) is 53.7 Å². The van der Waals surface area contributed by atoms with Crippen molar-refractivity contribution in [1.29, 1.82) is 0 Å². The van der Waals surface area contributed by atoms with Crippen molar-refractivity contribution in [2.24, 2.45) is 0 Å². The second-order valence-electron chi connectivity index (χ2n) is 5.70. The van der Waals surface area contributed by atoms with E-state index in [1.54, 1.807) is 25.1 Å². The Labute approximate surface area is 174 Å². The molecule has 1 heterocycles. The maximum absolute atomic E-state index is 12.9. The van der Waals surface area contributed by atoms with Crippen LogP contribution in [-0.4, -0.2) is 11.9 Å². The molecule has 0 aliphatic carbocycles. The van der Waals surface area contributed by atoms with Gasteiger partial charge in [0.15, 0.2) is 0 Å². The van der Waals surface area contributed by atoms with Crippen LogP contribution in [0.5, 0.6) is 0 Å². The first-order valence-electron chi connectivity index (χ1n) is 7.65. The third-order valence-electron chi connectivity index (χ3n) is 3.89. The van der Waals surface area contributed by atoms with Gasteiger partial charge in [-0.15, -0.1) is 0 Å². The van der Waals surface area contributed by atoms with Crippen LogP contribution < -0.4 is 16.0 Å². The first-order chi connectivity index (χ1) is 12.3. The van der Waals surface area contributed by atoms with Crippen LogP contribution in [0.3, 0.4) is 0 Å². The zero-order valence-corrected chi connectivity index (χ0v) is 17.2. The Morgan fingerprint density at radius 1 is 1.15 bits per heavy atom. The van der Waals surface area contributed by atoms with Crippen molar-refractivity contribution in [3.05, 3.63) is 72.9 Å². The summed E-state index contributed by atoms with van der Waals surface area (Å²) in [4.78, 5) is 24.8. The van der Waals surface area contributed by atoms with Gasteiger partial charge in [0.1, 0.15) is 0 Å². The minimum absolute atomic E-state index is 0.327. The lowest BCUT2D eigenvalue weighted by atomic mass is 9.94. The highest BCUT2D eigenvalue weighted by Crippen LogP contribution is 2.33. The summed E-state index contributed by atoms with van der Waals surface area (Å²) in [7, 11) is 0. The first kappa shape index (κ1) is 19.0. The van der Waals surface area contributed by atoms with Crippen molar-refractivity contribution >= 4 is 63.4 Å². The molecule has 1 aliphatic heterocycles. The summed E-state index contributed by atoms with van der Waals surface area (Å²) < 4.78 is 1.06. The highest BCUT2D eigenvalue weighted by Gasteiger charge is 2.32. The van der Waals surface area contributed by atoms with Crippen molar-refractivity contribution in [1.82, 2.24) is 10.6 Å². The van der Waals surface area contributed by atoms with E-state index in [2.05, 4.69) is 38.5 Å². The van der Waals surface area contributed by atoms with E-state index in [0.29, 0.717) is 32.6 Å². The predicted molar refractivity (Wildman–Crippen MR) is 111 cm³/mol. The van der Waals surface area contributed by atoms with Crippen molar-refractivity contribution in [3.63, 3.8) is 0 Å². The van der Waals surface area contributed by atoms with Crippen LogP contribution >= 0.6 is 45.8 Å². The second-order valence-corrected chi connectivity index (χ2v) is 7.79. The van der Waals surface area contributed by atoms with Crippen molar-refractivity contribution < 1.29 is 9.59 Å². The molecule has 2 aromatic rings. The summed E-state index contributed by atoms with van der Waals surface area (Å²) in [5, 5.41) is 9.09. The summed E-state index contributed by atoms with van der Waals surface area (Å²) in [6.07, 6.45) is 0. The maximum Gasteiger partial charge on any atom is 0.319 e. The Morgan fingerprint density at radius 3 is 2.50 bits per heavy atom. The van der Waals surface area contributed by atoms with E-state index < -0.39 is 12.1 Å². The van der Waals surface area contributed by atoms with Gasteiger partial charge in [-0.05, 0) is 71.5 Å². The summed E-state index contributed by atoms with van der Waals surface area (Å²) in [6, 6.07) is 11.3. The molecule has 0 saturated carbocycles. The number of carbonyl (C=O) groups excluding carboxylic acids is 2. The third kappa shape index (κ3) is 4.13. The molecule has 0 radical (unpaired) electrons. The first-order valence-corrected chi connectivity index (χ1v) is 9.49. The largest absolute Gasteiger partial charge is 0.327 e. The molecular weight excluding hydrogens is 488 g/mol. The molecule has 0 unspecified atom stereocenters. The van der Waals surface area contributed by atoms with Crippen molar-refractivity contribution in [2.45, 2.75) is 13.0 Å². The van der Waals surface area contributed by atoms with Crippen LogP contribution in [0, 0.1) is 3.57 Å². The number of rotatable bonds is 3. The number of urea groups is 1. The zero-order valence-electron chi connectivity index (χ0n) is 13.6. The van der Waals surface area contributed by atoms with Gasteiger partial charge in [-0.25, -0.2) is 4.79 Å². The lowest BCUT2D eigenvalue weighted by Crippen LogP contribution is -2.46. The average molecular weight is 502 g/mol. The molecule has 134 valence electrons. The molecule has 0 bridgehead atoms. The number of carbonyl (C=O) groups is 2. The topological polar surface area (TPSA) is 70.2 Å². The third-order valence-corrected chi connectivity index (χ3v) is 5.17. The second kappa shape index (κ2) is 7.85. The van der Waals surface area contributed by atoms with E-state index in [4.69, 9.17) is 23.2 Å². The van der Waals surface area contributed by atoms with Gasteiger partial charge in [-0.2, -0.15) is 0 Å². The molecule has 0 aromatic heterocycles. The molecular formula is C18H14Cl2IN3O2. The summed E-state index contributed by atoms with van der Waals surface area (Å²) in [6.45, 7) is 1.68. The Hall–Kier alpha value is -1.77. The summed E-state index contributed by atoms with van der Waals surface area (Å²) >= 11 is 14.4. The van der Waals surface area contributed by atoms with Gasteiger partial charge in [-0.1, -0.05) is 29.3 Å². The van der Waals surface area contributed by atoms with Crippen LogP contribution in [0.1, 0.15) is 18.5 Å². The molecule has 0 fully saturated rings. The summed E-state index contributed by atoms with van der Waals surface area (Å²) in [5.41, 5.74) is 2.10. The minimum Gasteiger partial charge on any atom is -0.327 e. The normalized spacial score (nSPS) is 16.8. The zero-order chi connectivity index (χ0) is 18.8. The Balaban J connectivity index is 1.97. The molecule has 3 rings (SSSR count). The highest BCUT2D eigenvalue weighted by atomic mass is 127. The van der Waals surface area contributed by atoms with Gasteiger partial charge in [0, 0.05) is 25.0 Å². The number of benzene rings is 2. The molecule has 5 nitrogen and oxygen atoms in total. The Kier molecular flexibility index (Phi) is 5.74. The van der Waals surface area contributed by atoms with Crippen LogP contribution in [-0.2, 0) is 4.79 Å². The van der Waals surface area contributed by atoms with E-state index >= 15 is 0 Å². The van der Waals surface area contributed by atoms with Gasteiger partial charge >= 0.3 is 6.03 Å². The van der Waals surface area contributed by atoms with E-state index in [0.717, 1.165) is 3.57 Å². The summed E-state index contributed by atoms with van der Waals surface area (Å²) in [5.74, 6) is -0.327. The maximum atomic E-state index is 12.9. The molecule has 3 amide bonds. The number of hydrogen-bond donors (Lipinski definition) is 3. The fourth-order valence-electron chi connectivity index (χ4n) is 2.70. The number of hydrogen-bond acceptors (Lipinski definition) is 2. The number of amides is 3. The van der Waals surface area contributed by atoms with E-state index in [1.807, 2.05) is 24.3 Å². The molecule has 8 heteroatoms. The van der Waals surface area contributed by atoms with Gasteiger partial charge in [0.25, 0.3) is 5.91 Å². The SMILES string of the molecule is CC1=C(C(=O)Nc2ccc(I)cc2)[C@@H](c2ccc(Cl)cc2Cl)NC(=O)N1. The number of anilines is 1. The smallest absolute Gasteiger partial charge is 0.319 e. The van der Waals surface area contributed by atoms with Gasteiger partial charge < -0.3 is 16.0 Å². The highest BCUT2D eigenvalue weighted by molar-refractivity contribution is 14.1. The Bertz CT molecular complexity index is 913. The molecule has 26 heavy (non-hydrogen) atoms. The number of halogens is 3. The molecule has 0 spiro atoms. The average Bonchev–Trinajstić information content (AvgIpc) is 2.56. The van der Waals surface area contributed by atoms with Gasteiger partial charge in [0.05, 0.1) is 11.6 Å².